The number of nitrogens with one attached hydrogen (secondary N) is 1. The zero-order valence-electron chi connectivity index (χ0n) is 41.2. The number of hydrogen-bond acceptors (Lipinski definition) is 10. The molecular weight excluding hydrogens is 823 g/mol. The summed E-state index contributed by atoms with van der Waals surface area (Å²) in [5.74, 6) is -0.720. The molecule has 0 radical (unpaired) electrons. The van der Waals surface area contributed by atoms with Crippen molar-refractivity contribution in [3.8, 4) is 0 Å². The van der Waals surface area contributed by atoms with Gasteiger partial charge in [-0.3, -0.25) is 4.79 Å². The summed E-state index contributed by atoms with van der Waals surface area (Å²) in [7, 11) is 0. The molecule has 1 rings (SSSR count). The molecule has 0 saturated carbocycles. The Morgan fingerprint density at radius 3 is 1.49 bits per heavy atom. The van der Waals surface area contributed by atoms with Crippen LogP contribution in [0.15, 0.2) is 48.6 Å². The summed E-state index contributed by atoms with van der Waals surface area (Å²) < 4.78 is 11.1. The molecule has 8 N–H and O–H groups in total. The minimum absolute atomic E-state index is 0.237. The minimum Gasteiger partial charge on any atom is -0.394 e. The first kappa shape index (κ1) is 61.1. The molecule has 0 spiro atoms. The van der Waals surface area contributed by atoms with Gasteiger partial charge in [0.15, 0.2) is 6.29 Å². The Kier molecular flexibility index (Phi) is 40.7. The maximum Gasteiger partial charge on any atom is 0.249 e. The Labute approximate surface area is 396 Å². The third-order valence-electron chi connectivity index (χ3n) is 12.6. The summed E-state index contributed by atoms with van der Waals surface area (Å²) in [5.41, 5.74) is 0. The molecule has 11 nitrogen and oxygen atoms in total. The van der Waals surface area contributed by atoms with Crippen LogP contribution in [0.1, 0.15) is 219 Å². The molecule has 0 aromatic rings. The van der Waals surface area contributed by atoms with Gasteiger partial charge in [0.05, 0.1) is 25.4 Å². The molecule has 1 fully saturated rings. The predicted octanol–water partition coefficient (Wildman–Crippen LogP) is 10.1. The van der Waals surface area contributed by atoms with Gasteiger partial charge in [0.1, 0.15) is 36.6 Å². The average molecular weight is 922 g/mol. The molecule has 1 aliphatic rings. The maximum absolute atomic E-state index is 13.1. The van der Waals surface area contributed by atoms with Crippen LogP contribution < -0.4 is 5.32 Å². The van der Waals surface area contributed by atoms with Gasteiger partial charge in [-0.15, -0.1) is 0 Å². The smallest absolute Gasteiger partial charge is 0.249 e. The third-order valence-corrected chi connectivity index (χ3v) is 12.6. The Bertz CT molecular complexity index is 1190. The fourth-order valence-corrected chi connectivity index (χ4v) is 8.19. The Morgan fingerprint density at radius 2 is 0.969 bits per heavy atom. The van der Waals surface area contributed by atoms with E-state index in [4.69, 9.17) is 9.47 Å². The van der Waals surface area contributed by atoms with Crippen LogP contribution in [0.2, 0.25) is 0 Å². The topological polar surface area (TPSA) is 189 Å². The summed E-state index contributed by atoms with van der Waals surface area (Å²) in [6, 6.07) is -1.20. The molecule has 0 aromatic carbocycles. The van der Waals surface area contributed by atoms with E-state index in [0.29, 0.717) is 19.3 Å². The van der Waals surface area contributed by atoms with Crippen LogP contribution in [-0.2, 0) is 14.3 Å². The summed E-state index contributed by atoms with van der Waals surface area (Å²) in [6.07, 6.45) is 41.6. The lowest BCUT2D eigenvalue weighted by atomic mass is 9.98. The van der Waals surface area contributed by atoms with E-state index in [0.717, 1.165) is 70.6 Å². The molecule has 0 aromatic heterocycles. The molecule has 1 saturated heterocycles. The lowest BCUT2D eigenvalue weighted by molar-refractivity contribution is -0.303. The highest BCUT2D eigenvalue weighted by Gasteiger charge is 2.44. The lowest BCUT2D eigenvalue weighted by Crippen LogP contribution is -2.60. The zero-order valence-corrected chi connectivity index (χ0v) is 41.2. The van der Waals surface area contributed by atoms with Crippen LogP contribution in [0.4, 0.5) is 0 Å². The van der Waals surface area contributed by atoms with Crippen LogP contribution in [0, 0.1) is 0 Å². The van der Waals surface area contributed by atoms with E-state index in [2.05, 4.69) is 67.8 Å². The van der Waals surface area contributed by atoms with Gasteiger partial charge in [-0.05, 0) is 83.5 Å². The van der Waals surface area contributed by atoms with Crippen molar-refractivity contribution in [3.63, 3.8) is 0 Å². The number of rotatable bonds is 44. The second-order valence-corrected chi connectivity index (χ2v) is 18.6. The van der Waals surface area contributed by atoms with Crippen molar-refractivity contribution in [2.75, 3.05) is 13.2 Å². The molecule has 65 heavy (non-hydrogen) atoms. The molecule has 1 heterocycles. The van der Waals surface area contributed by atoms with Gasteiger partial charge >= 0.3 is 0 Å². The van der Waals surface area contributed by atoms with Crippen LogP contribution >= 0.6 is 0 Å². The molecular formula is C54H99NO10. The summed E-state index contributed by atoms with van der Waals surface area (Å²) in [4.78, 5) is 13.1. The van der Waals surface area contributed by atoms with Crippen molar-refractivity contribution >= 4 is 5.91 Å². The van der Waals surface area contributed by atoms with E-state index in [9.17, 15) is 40.5 Å². The van der Waals surface area contributed by atoms with Crippen LogP contribution in [-0.4, -0.2) is 110 Å². The van der Waals surface area contributed by atoms with Crippen molar-refractivity contribution < 1.29 is 50.0 Å². The SMILES string of the molecule is CCCCC/C=C\C/C=C\CCCCCCCCC(O)C(=O)NC(COC1OC(CO)C(O)C(O)C1O)C(O)C(O)CCC/C=C/CC/C=C/CCCCCCCCCCCCCCC. The van der Waals surface area contributed by atoms with Crippen LogP contribution in [0.25, 0.3) is 0 Å². The molecule has 9 atom stereocenters. The van der Waals surface area contributed by atoms with Crippen LogP contribution in [0.3, 0.4) is 0 Å². The van der Waals surface area contributed by atoms with Crippen molar-refractivity contribution in [1.29, 1.82) is 0 Å². The summed E-state index contributed by atoms with van der Waals surface area (Å²) in [5, 5.41) is 75.9. The fourth-order valence-electron chi connectivity index (χ4n) is 8.19. The Morgan fingerprint density at radius 1 is 0.538 bits per heavy atom. The van der Waals surface area contributed by atoms with E-state index in [1.165, 1.54) is 103 Å². The van der Waals surface area contributed by atoms with E-state index < -0.39 is 74.2 Å². The summed E-state index contributed by atoms with van der Waals surface area (Å²) in [6.45, 7) is 3.40. The number of hydrogen-bond donors (Lipinski definition) is 8. The normalized spacial score (nSPS) is 21.3. The lowest BCUT2D eigenvalue weighted by Gasteiger charge is -2.40. The predicted molar refractivity (Wildman–Crippen MR) is 265 cm³/mol. The van der Waals surface area contributed by atoms with Crippen molar-refractivity contribution in [2.45, 2.75) is 274 Å². The molecule has 1 aliphatic heterocycles. The van der Waals surface area contributed by atoms with Gasteiger partial charge in [-0.1, -0.05) is 184 Å². The first-order valence-electron chi connectivity index (χ1n) is 26.5. The zero-order chi connectivity index (χ0) is 47.6. The highest BCUT2D eigenvalue weighted by atomic mass is 16.7. The average Bonchev–Trinajstić information content (AvgIpc) is 3.31. The van der Waals surface area contributed by atoms with Gasteiger partial charge in [0.25, 0.3) is 0 Å². The number of carbonyl (C=O) groups is 1. The second-order valence-electron chi connectivity index (χ2n) is 18.6. The first-order chi connectivity index (χ1) is 31.7. The molecule has 1 amide bonds. The number of unbranched alkanes of at least 4 members (excludes halogenated alkanes) is 24. The first-order valence-corrected chi connectivity index (χ1v) is 26.5. The standard InChI is InChI=1S/C54H99NO10/c1-3-5-7-9-11-13-15-17-19-21-22-23-24-25-26-28-29-31-33-35-37-39-41-46(57)49(59)45(44-64-54-52(62)51(61)50(60)48(43-56)65-54)55-53(63)47(58)42-40-38-36-34-32-30-27-20-18-16-14-12-10-8-6-4-2/h12,14,18,20,26,28,33,35,45-52,54,56-62H,3-11,13,15-17,19,21-25,27,29-32,34,36-44H2,1-2H3,(H,55,63)/b14-12-,20-18-,28-26+,35-33+. The highest BCUT2D eigenvalue weighted by molar-refractivity contribution is 5.80. The number of ether oxygens (including phenoxy) is 2. The van der Waals surface area contributed by atoms with E-state index in [-0.39, 0.29) is 12.8 Å². The number of allylic oxidation sites excluding steroid dienone is 8. The van der Waals surface area contributed by atoms with Gasteiger partial charge in [0.2, 0.25) is 5.91 Å². The molecule has 9 unspecified atom stereocenters. The molecule has 0 bridgehead atoms. The summed E-state index contributed by atoms with van der Waals surface area (Å²) >= 11 is 0. The number of aliphatic hydroxyl groups excluding tert-OH is 7. The molecule has 11 heteroatoms. The molecule has 380 valence electrons. The number of aliphatic hydroxyl groups is 7. The highest BCUT2D eigenvalue weighted by Crippen LogP contribution is 2.23. The van der Waals surface area contributed by atoms with Gasteiger partial charge in [-0.25, -0.2) is 0 Å². The van der Waals surface area contributed by atoms with Crippen molar-refractivity contribution in [3.05, 3.63) is 48.6 Å². The largest absolute Gasteiger partial charge is 0.394 e. The fraction of sp³-hybridized carbons (Fsp3) is 0.833. The van der Waals surface area contributed by atoms with Crippen molar-refractivity contribution in [1.82, 2.24) is 5.32 Å². The van der Waals surface area contributed by atoms with Crippen LogP contribution in [0.5, 0.6) is 0 Å². The van der Waals surface area contributed by atoms with E-state index >= 15 is 0 Å². The van der Waals surface area contributed by atoms with Gasteiger partial charge in [-0.2, -0.15) is 0 Å². The molecule has 0 aliphatic carbocycles. The monoisotopic (exact) mass is 922 g/mol. The van der Waals surface area contributed by atoms with Gasteiger partial charge < -0.3 is 50.5 Å². The minimum atomic E-state index is -1.67. The number of amides is 1. The van der Waals surface area contributed by atoms with Crippen molar-refractivity contribution in [2.24, 2.45) is 0 Å². The number of carbonyl (C=O) groups excluding carboxylic acids is 1. The van der Waals surface area contributed by atoms with Gasteiger partial charge in [0, 0.05) is 0 Å². The third kappa shape index (κ3) is 32.5. The quantitative estimate of drug-likeness (QED) is 0.0216. The Balaban J connectivity index is 2.41. The van der Waals surface area contributed by atoms with E-state index in [1.54, 1.807) is 0 Å². The van der Waals surface area contributed by atoms with E-state index in [1.807, 2.05) is 0 Å². The second kappa shape index (κ2) is 43.4. The maximum atomic E-state index is 13.1. The Hall–Kier alpha value is -1.93.